The van der Waals surface area contributed by atoms with Crippen molar-refractivity contribution in [3.63, 3.8) is 0 Å². The van der Waals surface area contributed by atoms with Crippen molar-refractivity contribution >= 4 is 5.91 Å². The van der Waals surface area contributed by atoms with Crippen molar-refractivity contribution in [3.05, 3.63) is 34.9 Å². The molecule has 0 aromatic heterocycles. The van der Waals surface area contributed by atoms with E-state index in [0.29, 0.717) is 13.2 Å². The molecule has 1 aliphatic carbocycles. The first-order valence-corrected chi connectivity index (χ1v) is 7.45. The lowest BCUT2D eigenvalue weighted by atomic mass is 10.0. The molecule has 1 aromatic rings. The minimum Gasteiger partial charge on any atom is -0.366 e. The quantitative estimate of drug-likeness (QED) is 0.865. The first-order chi connectivity index (χ1) is 9.44. The summed E-state index contributed by atoms with van der Waals surface area (Å²) in [6.45, 7) is 8.71. The molecule has 1 aliphatic rings. The maximum Gasteiger partial charge on any atom is 0.251 e. The van der Waals surface area contributed by atoms with Gasteiger partial charge in [0.25, 0.3) is 5.91 Å². The molecule has 0 bridgehead atoms. The highest BCUT2D eigenvalue weighted by Gasteiger charge is 2.28. The summed E-state index contributed by atoms with van der Waals surface area (Å²) in [7, 11) is 0. The molecule has 0 radical (unpaired) electrons. The van der Waals surface area contributed by atoms with Gasteiger partial charge in [-0.1, -0.05) is 18.2 Å². The van der Waals surface area contributed by atoms with Crippen LogP contribution in [0.15, 0.2) is 18.2 Å². The number of ether oxygens (including phenoxy) is 1. The standard InChI is InChI=1S/C17H25NO2/c1-5-20-17(3,4)16(19)18-11-15-10-14(13-8-9-13)7-6-12(15)2/h6-7,10,13H,5,8-9,11H2,1-4H3,(H,18,19). The van der Waals surface area contributed by atoms with E-state index in [9.17, 15) is 4.79 Å². The van der Waals surface area contributed by atoms with Gasteiger partial charge < -0.3 is 10.1 Å². The van der Waals surface area contributed by atoms with E-state index in [2.05, 4.69) is 30.4 Å². The molecule has 110 valence electrons. The SMILES string of the molecule is CCOC(C)(C)C(=O)NCc1cc(C2CC2)ccc1C. The lowest BCUT2D eigenvalue weighted by molar-refractivity contribution is -0.142. The van der Waals surface area contributed by atoms with Crippen LogP contribution in [0.3, 0.4) is 0 Å². The largest absolute Gasteiger partial charge is 0.366 e. The van der Waals surface area contributed by atoms with Crippen LogP contribution in [0, 0.1) is 6.92 Å². The van der Waals surface area contributed by atoms with Crippen LogP contribution in [0.4, 0.5) is 0 Å². The first-order valence-electron chi connectivity index (χ1n) is 7.45. The van der Waals surface area contributed by atoms with E-state index in [0.717, 1.165) is 5.92 Å². The normalized spacial score (nSPS) is 15.2. The number of rotatable bonds is 6. The molecule has 0 atom stereocenters. The number of aryl methyl sites for hydroxylation is 1. The van der Waals surface area contributed by atoms with Crippen LogP contribution in [-0.2, 0) is 16.1 Å². The molecule has 1 aromatic carbocycles. The second-order valence-corrected chi connectivity index (χ2v) is 6.09. The van der Waals surface area contributed by atoms with Crippen LogP contribution in [-0.4, -0.2) is 18.1 Å². The van der Waals surface area contributed by atoms with Crippen LogP contribution < -0.4 is 5.32 Å². The molecule has 1 fully saturated rings. The molecule has 20 heavy (non-hydrogen) atoms. The summed E-state index contributed by atoms with van der Waals surface area (Å²) in [5, 5.41) is 2.99. The van der Waals surface area contributed by atoms with Crippen molar-refractivity contribution in [1.29, 1.82) is 0 Å². The van der Waals surface area contributed by atoms with Gasteiger partial charge in [0.1, 0.15) is 5.60 Å². The second-order valence-electron chi connectivity index (χ2n) is 6.09. The Hall–Kier alpha value is -1.35. The minimum absolute atomic E-state index is 0.0597. The van der Waals surface area contributed by atoms with Gasteiger partial charge in [-0.3, -0.25) is 4.79 Å². The molecule has 0 unspecified atom stereocenters. The fraction of sp³-hybridized carbons (Fsp3) is 0.588. The number of amides is 1. The lowest BCUT2D eigenvalue weighted by Gasteiger charge is -2.23. The fourth-order valence-electron chi connectivity index (χ4n) is 2.37. The third kappa shape index (κ3) is 3.60. The Balaban J connectivity index is 1.99. The smallest absolute Gasteiger partial charge is 0.251 e. The summed E-state index contributed by atoms with van der Waals surface area (Å²) in [6, 6.07) is 6.60. The molecule has 1 saturated carbocycles. The van der Waals surface area contributed by atoms with Crippen molar-refractivity contribution < 1.29 is 9.53 Å². The molecular weight excluding hydrogens is 250 g/mol. The number of nitrogens with one attached hydrogen (secondary N) is 1. The van der Waals surface area contributed by atoms with Gasteiger partial charge in [-0.05, 0) is 63.1 Å². The van der Waals surface area contributed by atoms with E-state index in [1.54, 1.807) is 13.8 Å². The van der Waals surface area contributed by atoms with E-state index in [-0.39, 0.29) is 5.91 Å². The molecule has 2 rings (SSSR count). The van der Waals surface area contributed by atoms with Gasteiger partial charge in [-0.25, -0.2) is 0 Å². The second kappa shape index (κ2) is 5.96. The van der Waals surface area contributed by atoms with Crippen LogP contribution in [0.5, 0.6) is 0 Å². The Kier molecular flexibility index (Phi) is 4.48. The highest BCUT2D eigenvalue weighted by molar-refractivity contribution is 5.84. The van der Waals surface area contributed by atoms with E-state index in [4.69, 9.17) is 4.74 Å². The Morgan fingerprint density at radius 1 is 1.40 bits per heavy atom. The van der Waals surface area contributed by atoms with Gasteiger partial charge in [0, 0.05) is 13.2 Å². The number of hydrogen-bond acceptors (Lipinski definition) is 2. The zero-order valence-corrected chi connectivity index (χ0v) is 13.0. The van der Waals surface area contributed by atoms with Gasteiger partial charge >= 0.3 is 0 Å². The average Bonchev–Trinajstić information content (AvgIpc) is 3.21. The van der Waals surface area contributed by atoms with Gasteiger partial charge in [-0.15, -0.1) is 0 Å². The van der Waals surface area contributed by atoms with Gasteiger partial charge in [0.2, 0.25) is 0 Å². The average molecular weight is 275 g/mol. The van der Waals surface area contributed by atoms with E-state index < -0.39 is 5.60 Å². The van der Waals surface area contributed by atoms with Crippen molar-refractivity contribution in [3.8, 4) is 0 Å². The van der Waals surface area contributed by atoms with Crippen LogP contribution in [0.1, 0.15) is 56.2 Å². The predicted molar refractivity (Wildman–Crippen MR) is 80.7 cm³/mol. The molecule has 3 nitrogen and oxygen atoms in total. The number of carbonyl (C=O) groups is 1. The fourth-order valence-corrected chi connectivity index (χ4v) is 2.37. The lowest BCUT2D eigenvalue weighted by Crippen LogP contribution is -2.44. The van der Waals surface area contributed by atoms with Gasteiger partial charge in [0.05, 0.1) is 0 Å². The molecule has 0 heterocycles. The Morgan fingerprint density at radius 3 is 2.70 bits per heavy atom. The molecule has 1 amide bonds. The number of benzene rings is 1. The van der Waals surface area contributed by atoms with Crippen LogP contribution in [0.25, 0.3) is 0 Å². The maximum atomic E-state index is 12.1. The monoisotopic (exact) mass is 275 g/mol. The Morgan fingerprint density at radius 2 is 2.10 bits per heavy atom. The predicted octanol–water partition coefficient (Wildman–Crippen LogP) is 3.30. The first kappa shape index (κ1) is 15.0. The Labute approximate surface area is 121 Å². The van der Waals surface area contributed by atoms with E-state index in [1.165, 1.54) is 29.5 Å². The summed E-state index contributed by atoms with van der Waals surface area (Å²) in [5.41, 5.74) is 3.07. The minimum atomic E-state index is -0.767. The van der Waals surface area contributed by atoms with Crippen LogP contribution in [0.2, 0.25) is 0 Å². The van der Waals surface area contributed by atoms with Gasteiger partial charge in [0.15, 0.2) is 0 Å². The zero-order chi connectivity index (χ0) is 14.8. The molecule has 1 N–H and O–H groups in total. The van der Waals surface area contributed by atoms with Crippen molar-refractivity contribution in [1.82, 2.24) is 5.32 Å². The topological polar surface area (TPSA) is 38.3 Å². The summed E-state index contributed by atoms with van der Waals surface area (Å²) < 4.78 is 5.47. The van der Waals surface area contributed by atoms with Crippen molar-refractivity contribution in [2.75, 3.05) is 6.61 Å². The number of carbonyl (C=O) groups excluding carboxylic acids is 1. The third-order valence-corrected chi connectivity index (χ3v) is 3.91. The highest BCUT2D eigenvalue weighted by atomic mass is 16.5. The zero-order valence-electron chi connectivity index (χ0n) is 13.0. The van der Waals surface area contributed by atoms with Crippen molar-refractivity contribution in [2.24, 2.45) is 0 Å². The summed E-state index contributed by atoms with van der Waals surface area (Å²) in [6.07, 6.45) is 2.60. The van der Waals surface area contributed by atoms with E-state index >= 15 is 0 Å². The molecule has 3 heteroatoms. The molecule has 0 aliphatic heterocycles. The third-order valence-electron chi connectivity index (χ3n) is 3.91. The van der Waals surface area contributed by atoms with Gasteiger partial charge in [-0.2, -0.15) is 0 Å². The highest BCUT2D eigenvalue weighted by Crippen LogP contribution is 2.40. The molecular formula is C17H25NO2. The molecule has 0 spiro atoms. The number of hydrogen-bond donors (Lipinski definition) is 1. The maximum absolute atomic E-state index is 12.1. The summed E-state index contributed by atoms with van der Waals surface area (Å²) in [5.74, 6) is 0.681. The molecule has 0 saturated heterocycles. The summed E-state index contributed by atoms with van der Waals surface area (Å²) in [4.78, 5) is 12.1. The van der Waals surface area contributed by atoms with E-state index in [1.807, 2.05) is 6.92 Å². The summed E-state index contributed by atoms with van der Waals surface area (Å²) >= 11 is 0. The Bertz CT molecular complexity index is 490. The van der Waals surface area contributed by atoms with Crippen LogP contribution >= 0.6 is 0 Å². The van der Waals surface area contributed by atoms with Crippen molar-refractivity contribution in [2.45, 2.75) is 58.6 Å².